The number of fused-ring (bicyclic) bond motifs is 3. The fourth-order valence-corrected chi connectivity index (χ4v) is 7.84. The van der Waals surface area contributed by atoms with Crippen LogP contribution in [-0.4, -0.2) is 67.1 Å². The quantitative estimate of drug-likeness (QED) is 0.299. The molecule has 1 amide bonds. The van der Waals surface area contributed by atoms with Crippen LogP contribution in [0.25, 0.3) is 28.0 Å². The van der Waals surface area contributed by atoms with Crippen molar-refractivity contribution in [3.63, 3.8) is 0 Å². The molecule has 0 spiro atoms. The maximum absolute atomic E-state index is 13.6. The molecule has 0 aliphatic carbocycles. The van der Waals surface area contributed by atoms with E-state index in [1.165, 1.54) is 10.7 Å². The number of aromatic nitrogens is 6. The zero-order valence-electron chi connectivity index (χ0n) is 24.3. The Morgan fingerprint density at radius 1 is 0.909 bits per heavy atom. The number of amides is 1. The standard InChI is InChI=1S/C31H31N9O3S/c1-17-23(15-35-31(33)37-17)30(41)39-21-9-10-22(39)13-20(12-21)26-27(44(2,42)43)28(32)40-29(38-26)24(16-36-40)19-8-11-25(34-14-19)18-6-4-3-5-7-18/h3-8,11,14-16,20-22H,9-10,12-13,32H2,1-2H3,(H2,33,35,37)/t20-,21+,22-. The SMILES string of the molecule is Cc1nc(N)ncc1C(=O)N1[C@@H]2CC[C@H]1C[C@@H](c1nc3c(-c4ccc(-c5ccccc5)nc4)cnn3c(N)c1S(C)(=O)=O)C2. The molecule has 2 aliphatic rings. The molecule has 2 aliphatic heterocycles. The smallest absolute Gasteiger partial charge is 0.257 e. The Kier molecular flexibility index (Phi) is 6.57. The van der Waals surface area contributed by atoms with E-state index in [0.717, 1.165) is 35.9 Å². The number of pyridine rings is 1. The molecule has 1 aromatic carbocycles. The van der Waals surface area contributed by atoms with Gasteiger partial charge in [0.05, 0.1) is 28.8 Å². The third-order valence-corrected chi connectivity index (χ3v) is 9.92. The van der Waals surface area contributed by atoms with E-state index >= 15 is 0 Å². The lowest BCUT2D eigenvalue weighted by Crippen LogP contribution is -2.46. The second kappa shape index (κ2) is 10.4. The van der Waals surface area contributed by atoms with Gasteiger partial charge in [-0.25, -0.2) is 23.4 Å². The average molecular weight is 610 g/mol. The molecule has 4 N–H and O–H groups in total. The summed E-state index contributed by atoms with van der Waals surface area (Å²) in [6.45, 7) is 1.74. The lowest BCUT2D eigenvalue weighted by atomic mass is 9.87. The van der Waals surface area contributed by atoms with Gasteiger partial charge in [-0.1, -0.05) is 36.4 Å². The number of nitrogen functional groups attached to an aromatic ring is 2. The molecule has 7 rings (SSSR count). The van der Waals surface area contributed by atoms with E-state index < -0.39 is 9.84 Å². The Hall–Kier alpha value is -4.91. The van der Waals surface area contributed by atoms with E-state index in [0.29, 0.717) is 41.0 Å². The first kappa shape index (κ1) is 27.9. The van der Waals surface area contributed by atoms with Gasteiger partial charge >= 0.3 is 0 Å². The van der Waals surface area contributed by atoms with Gasteiger partial charge < -0.3 is 16.4 Å². The number of piperidine rings is 1. The maximum Gasteiger partial charge on any atom is 0.257 e. The summed E-state index contributed by atoms with van der Waals surface area (Å²) in [5, 5.41) is 4.42. The van der Waals surface area contributed by atoms with Gasteiger partial charge in [-0.3, -0.25) is 9.78 Å². The Morgan fingerprint density at radius 3 is 2.27 bits per heavy atom. The number of carbonyl (C=O) groups is 1. The van der Waals surface area contributed by atoms with Crippen molar-refractivity contribution in [3.05, 3.63) is 78.0 Å². The summed E-state index contributed by atoms with van der Waals surface area (Å²) >= 11 is 0. The predicted molar refractivity (Wildman–Crippen MR) is 165 cm³/mol. The first-order chi connectivity index (χ1) is 21.1. The molecule has 0 unspecified atom stereocenters. The summed E-state index contributed by atoms with van der Waals surface area (Å²) < 4.78 is 27.7. The molecule has 224 valence electrons. The molecule has 6 heterocycles. The van der Waals surface area contributed by atoms with Crippen LogP contribution in [0.1, 0.15) is 53.3 Å². The number of nitrogens with zero attached hydrogens (tertiary/aromatic N) is 7. The third-order valence-electron chi connectivity index (χ3n) is 8.76. The van der Waals surface area contributed by atoms with Crippen LogP contribution in [0.3, 0.4) is 0 Å². The molecular formula is C31H31N9O3S. The van der Waals surface area contributed by atoms with Crippen LogP contribution in [0.15, 0.2) is 66.0 Å². The molecule has 44 heavy (non-hydrogen) atoms. The van der Waals surface area contributed by atoms with Crippen molar-refractivity contribution in [1.29, 1.82) is 0 Å². The average Bonchev–Trinajstić information content (AvgIpc) is 3.54. The first-order valence-corrected chi connectivity index (χ1v) is 16.3. The zero-order chi connectivity index (χ0) is 30.7. The third kappa shape index (κ3) is 4.64. The number of carbonyl (C=O) groups excluding carboxylic acids is 1. The second-order valence-electron chi connectivity index (χ2n) is 11.6. The summed E-state index contributed by atoms with van der Waals surface area (Å²) in [7, 11) is -3.76. The van der Waals surface area contributed by atoms with E-state index in [1.54, 1.807) is 19.3 Å². The summed E-state index contributed by atoms with van der Waals surface area (Å²) in [6.07, 6.45) is 8.74. The van der Waals surface area contributed by atoms with E-state index in [4.69, 9.17) is 16.5 Å². The fraction of sp³-hybridized carbons (Fsp3) is 0.290. The van der Waals surface area contributed by atoms with Crippen LogP contribution in [0.2, 0.25) is 0 Å². The fourth-order valence-electron chi connectivity index (χ4n) is 6.78. The summed E-state index contributed by atoms with van der Waals surface area (Å²) in [6, 6.07) is 13.6. The lowest BCUT2D eigenvalue weighted by molar-refractivity contribution is 0.0566. The van der Waals surface area contributed by atoms with Gasteiger partial charge in [0, 0.05) is 53.3 Å². The monoisotopic (exact) mass is 609 g/mol. The van der Waals surface area contributed by atoms with Crippen molar-refractivity contribution in [2.24, 2.45) is 0 Å². The Balaban J connectivity index is 1.26. The van der Waals surface area contributed by atoms with Crippen molar-refractivity contribution in [2.75, 3.05) is 17.7 Å². The highest BCUT2D eigenvalue weighted by Gasteiger charge is 2.46. The highest BCUT2D eigenvalue weighted by Crippen LogP contribution is 2.46. The van der Waals surface area contributed by atoms with E-state index in [1.807, 2.05) is 47.4 Å². The van der Waals surface area contributed by atoms with E-state index in [-0.39, 0.29) is 40.6 Å². The largest absolute Gasteiger partial charge is 0.382 e. The van der Waals surface area contributed by atoms with Crippen LogP contribution < -0.4 is 11.5 Å². The molecule has 13 heteroatoms. The number of hydrogen-bond acceptors (Lipinski definition) is 10. The predicted octanol–water partition coefficient (Wildman–Crippen LogP) is 3.68. The molecule has 2 bridgehead atoms. The van der Waals surface area contributed by atoms with Gasteiger partial charge in [0.1, 0.15) is 10.7 Å². The van der Waals surface area contributed by atoms with Gasteiger partial charge in [-0.15, -0.1) is 0 Å². The zero-order valence-corrected chi connectivity index (χ0v) is 25.1. The van der Waals surface area contributed by atoms with Gasteiger partial charge in [0.15, 0.2) is 15.5 Å². The van der Waals surface area contributed by atoms with Crippen LogP contribution >= 0.6 is 0 Å². The van der Waals surface area contributed by atoms with Crippen molar-refractivity contribution in [2.45, 2.75) is 55.5 Å². The Bertz CT molecular complexity index is 2010. The minimum atomic E-state index is -3.76. The van der Waals surface area contributed by atoms with Gasteiger partial charge in [0.2, 0.25) is 5.95 Å². The second-order valence-corrected chi connectivity index (χ2v) is 13.5. The van der Waals surface area contributed by atoms with Gasteiger partial charge in [-0.05, 0) is 38.7 Å². The topological polar surface area (TPSA) is 175 Å². The van der Waals surface area contributed by atoms with Crippen LogP contribution in [-0.2, 0) is 9.84 Å². The van der Waals surface area contributed by atoms with Crippen LogP contribution in [0, 0.1) is 6.92 Å². The normalized spacial score (nSPS) is 19.9. The molecule has 0 radical (unpaired) electrons. The molecule has 3 atom stereocenters. The van der Waals surface area contributed by atoms with Crippen LogP contribution in [0.4, 0.5) is 11.8 Å². The Morgan fingerprint density at radius 2 is 1.64 bits per heavy atom. The summed E-state index contributed by atoms with van der Waals surface area (Å²) in [5.74, 6) is -0.216. The molecule has 4 aromatic heterocycles. The number of anilines is 2. The van der Waals surface area contributed by atoms with Crippen molar-refractivity contribution in [1.82, 2.24) is 34.4 Å². The van der Waals surface area contributed by atoms with Crippen molar-refractivity contribution < 1.29 is 13.2 Å². The van der Waals surface area contributed by atoms with E-state index in [2.05, 4.69) is 20.1 Å². The minimum Gasteiger partial charge on any atom is -0.382 e. The molecule has 5 aromatic rings. The summed E-state index contributed by atoms with van der Waals surface area (Å²) in [4.78, 5) is 33.3. The van der Waals surface area contributed by atoms with E-state index in [9.17, 15) is 13.2 Å². The molecule has 0 saturated carbocycles. The van der Waals surface area contributed by atoms with Crippen molar-refractivity contribution >= 4 is 33.2 Å². The highest BCUT2D eigenvalue weighted by molar-refractivity contribution is 7.91. The first-order valence-electron chi connectivity index (χ1n) is 14.4. The van der Waals surface area contributed by atoms with Crippen LogP contribution in [0.5, 0.6) is 0 Å². The minimum absolute atomic E-state index is 0.0100. The number of aryl methyl sites for hydroxylation is 1. The molecule has 2 fully saturated rings. The number of benzene rings is 1. The molecule has 12 nitrogen and oxygen atoms in total. The number of nitrogens with two attached hydrogens (primary N) is 2. The van der Waals surface area contributed by atoms with Crippen molar-refractivity contribution in [3.8, 4) is 22.4 Å². The number of sulfone groups is 1. The Labute approximate surface area is 254 Å². The number of hydrogen-bond donors (Lipinski definition) is 2. The maximum atomic E-state index is 13.6. The molecular weight excluding hydrogens is 578 g/mol. The number of rotatable bonds is 5. The summed E-state index contributed by atoms with van der Waals surface area (Å²) in [5.41, 5.74) is 17.4. The molecule has 2 saturated heterocycles. The lowest BCUT2D eigenvalue weighted by Gasteiger charge is -2.39. The highest BCUT2D eigenvalue weighted by atomic mass is 32.2. The van der Waals surface area contributed by atoms with Gasteiger partial charge in [0.25, 0.3) is 5.91 Å². The van der Waals surface area contributed by atoms with Gasteiger partial charge in [-0.2, -0.15) is 9.61 Å².